The molecule has 1 rings (SSSR count). The van der Waals surface area contributed by atoms with E-state index in [4.69, 9.17) is 14.9 Å². The van der Waals surface area contributed by atoms with Crippen LogP contribution in [0.25, 0.3) is 0 Å². The zero-order valence-electron chi connectivity index (χ0n) is 17.2. The Hall–Kier alpha value is -3.94. The minimum absolute atomic E-state index is 0.0254. The highest BCUT2D eigenvalue weighted by Crippen LogP contribution is 2.03. The van der Waals surface area contributed by atoms with Crippen LogP contribution in [0.15, 0.2) is 78.9 Å². The van der Waals surface area contributed by atoms with E-state index in [0.29, 0.717) is 12.2 Å². The largest absolute Gasteiger partial charge is 0.478 e. The molecule has 0 bridgehead atoms. The molecular formula is C22H26O8. The average Bonchev–Trinajstić information content (AvgIpc) is 2.72. The number of hydrogen-bond acceptors (Lipinski definition) is 6. The Morgan fingerprint density at radius 1 is 1.00 bits per heavy atom. The van der Waals surface area contributed by atoms with Gasteiger partial charge in [-0.2, -0.15) is 0 Å². The van der Waals surface area contributed by atoms with Crippen LogP contribution in [-0.2, 0) is 35.3 Å². The van der Waals surface area contributed by atoms with Gasteiger partial charge < -0.3 is 19.7 Å². The number of carboxylic acid groups (broad SMARTS) is 2. The van der Waals surface area contributed by atoms with Crippen LogP contribution in [0.5, 0.6) is 0 Å². The molecule has 8 heteroatoms. The molecule has 1 aromatic rings. The van der Waals surface area contributed by atoms with Crippen molar-refractivity contribution in [3.05, 3.63) is 84.5 Å². The Balaban J connectivity index is 0. The summed E-state index contributed by atoms with van der Waals surface area (Å²) >= 11 is 0. The Kier molecular flexibility index (Phi) is 15.1. The number of aliphatic carboxylic acids is 2. The first-order valence-electron chi connectivity index (χ1n) is 8.36. The predicted molar refractivity (Wildman–Crippen MR) is 111 cm³/mol. The van der Waals surface area contributed by atoms with Gasteiger partial charge in [0.05, 0.1) is 12.7 Å². The second-order valence-electron chi connectivity index (χ2n) is 5.53. The average molecular weight is 418 g/mol. The highest BCUT2D eigenvalue weighted by atomic mass is 16.5. The third kappa shape index (κ3) is 15.2. The molecule has 0 amide bonds. The molecule has 0 heterocycles. The van der Waals surface area contributed by atoms with Gasteiger partial charge in [-0.25, -0.2) is 19.2 Å². The summed E-state index contributed by atoms with van der Waals surface area (Å²) in [6, 6.07) is 9.55. The van der Waals surface area contributed by atoms with Gasteiger partial charge in [0, 0.05) is 17.2 Å². The molecule has 30 heavy (non-hydrogen) atoms. The summed E-state index contributed by atoms with van der Waals surface area (Å²) in [5, 5.41) is 16.0. The van der Waals surface area contributed by atoms with Crippen molar-refractivity contribution < 1.29 is 38.9 Å². The highest BCUT2D eigenvalue weighted by Gasteiger charge is 2.06. The molecule has 0 atom stereocenters. The fraction of sp³-hybridized carbons (Fsp3) is 0.182. The fourth-order valence-electron chi connectivity index (χ4n) is 1.36. The van der Waals surface area contributed by atoms with Gasteiger partial charge in [0.1, 0.15) is 6.61 Å². The summed E-state index contributed by atoms with van der Waals surface area (Å²) < 4.78 is 9.27. The molecule has 162 valence electrons. The van der Waals surface area contributed by atoms with Gasteiger partial charge in [0.15, 0.2) is 0 Å². The summed E-state index contributed by atoms with van der Waals surface area (Å²) in [6.45, 7) is 13.1. The lowest BCUT2D eigenvalue weighted by Crippen LogP contribution is -2.04. The molecule has 0 unspecified atom stereocenters. The molecule has 0 radical (unpaired) electrons. The van der Waals surface area contributed by atoms with E-state index in [1.165, 1.54) is 14.0 Å². The maximum Gasteiger partial charge on any atom is 0.337 e. The Bertz CT molecular complexity index is 804. The van der Waals surface area contributed by atoms with Crippen molar-refractivity contribution in [1.82, 2.24) is 0 Å². The third-order valence-corrected chi connectivity index (χ3v) is 2.91. The minimum Gasteiger partial charge on any atom is -0.478 e. The number of methoxy groups -OCH3 is 1. The standard InChI is InChI=1S/C11H12O2.C8H10O4.C3H4O2/c1-9(2)11(12)13-8-10-6-4-3-5-7-10;1-5(7(9)10)4-6(2)8(11)12-3;1-2-3(4)5/h3-7H,1,8H2,2H3;4H,2H2,1,3H3,(H,9,10);2H,1H2,(H,4,5). The Morgan fingerprint density at radius 2 is 1.50 bits per heavy atom. The van der Waals surface area contributed by atoms with Crippen molar-refractivity contribution in [3.63, 3.8) is 0 Å². The molecule has 1 aromatic carbocycles. The van der Waals surface area contributed by atoms with Gasteiger partial charge in [-0.05, 0) is 25.5 Å². The smallest absolute Gasteiger partial charge is 0.337 e. The lowest BCUT2D eigenvalue weighted by atomic mass is 10.2. The fourth-order valence-corrected chi connectivity index (χ4v) is 1.36. The zero-order valence-corrected chi connectivity index (χ0v) is 17.2. The van der Waals surface area contributed by atoms with Crippen LogP contribution in [0, 0.1) is 0 Å². The van der Waals surface area contributed by atoms with Crippen molar-refractivity contribution in [3.8, 4) is 0 Å². The topological polar surface area (TPSA) is 127 Å². The van der Waals surface area contributed by atoms with Gasteiger partial charge in [0.2, 0.25) is 0 Å². The van der Waals surface area contributed by atoms with Gasteiger partial charge in [-0.15, -0.1) is 0 Å². The van der Waals surface area contributed by atoms with E-state index in [1.807, 2.05) is 30.3 Å². The van der Waals surface area contributed by atoms with Crippen LogP contribution in [0.2, 0.25) is 0 Å². The summed E-state index contributed by atoms with van der Waals surface area (Å²) in [5.74, 6) is -3.04. The molecule has 0 aliphatic rings. The molecule has 8 nitrogen and oxygen atoms in total. The van der Waals surface area contributed by atoms with Crippen LogP contribution < -0.4 is 0 Å². The number of esters is 2. The van der Waals surface area contributed by atoms with E-state index in [9.17, 15) is 19.2 Å². The number of carbonyl (C=O) groups excluding carboxylic acids is 2. The number of ether oxygens (including phenoxy) is 2. The number of carboxylic acids is 2. The first-order valence-corrected chi connectivity index (χ1v) is 8.36. The molecular weight excluding hydrogens is 392 g/mol. The van der Waals surface area contributed by atoms with Crippen molar-refractivity contribution >= 4 is 23.9 Å². The molecule has 0 aliphatic heterocycles. The lowest BCUT2D eigenvalue weighted by Gasteiger charge is -2.03. The summed E-state index contributed by atoms with van der Waals surface area (Å²) in [4.78, 5) is 41.2. The van der Waals surface area contributed by atoms with Gasteiger partial charge >= 0.3 is 23.9 Å². The summed E-state index contributed by atoms with van der Waals surface area (Å²) in [6.07, 6.45) is 1.99. The van der Waals surface area contributed by atoms with Crippen LogP contribution in [0.3, 0.4) is 0 Å². The van der Waals surface area contributed by atoms with E-state index >= 15 is 0 Å². The number of benzene rings is 1. The Labute approximate surface area is 175 Å². The Morgan fingerprint density at radius 3 is 1.87 bits per heavy atom. The monoisotopic (exact) mass is 418 g/mol. The molecule has 0 aromatic heterocycles. The SMILES string of the molecule is C=C(C)C(=O)OCc1ccccc1.C=C(C=C(C)C(=O)O)C(=O)OC.C=CC(=O)O. The summed E-state index contributed by atoms with van der Waals surface area (Å²) in [7, 11) is 1.21. The molecule has 0 fully saturated rings. The zero-order chi connectivity index (χ0) is 23.7. The lowest BCUT2D eigenvalue weighted by molar-refractivity contribution is -0.140. The van der Waals surface area contributed by atoms with Crippen molar-refractivity contribution in [2.45, 2.75) is 20.5 Å². The maximum atomic E-state index is 11.0. The van der Waals surface area contributed by atoms with Crippen molar-refractivity contribution in [2.75, 3.05) is 7.11 Å². The van der Waals surface area contributed by atoms with Crippen LogP contribution in [-0.4, -0.2) is 41.2 Å². The molecule has 0 saturated heterocycles. The third-order valence-electron chi connectivity index (χ3n) is 2.91. The van der Waals surface area contributed by atoms with Crippen LogP contribution in [0.4, 0.5) is 0 Å². The van der Waals surface area contributed by atoms with E-state index in [1.54, 1.807) is 6.92 Å². The molecule has 0 saturated carbocycles. The van der Waals surface area contributed by atoms with Crippen LogP contribution >= 0.6 is 0 Å². The molecule has 0 aliphatic carbocycles. The highest BCUT2D eigenvalue weighted by molar-refractivity contribution is 5.94. The summed E-state index contributed by atoms with van der Waals surface area (Å²) in [5.41, 5.74) is 1.48. The minimum atomic E-state index is -1.08. The second-order valence-corrected chi connectivity index (χ2v) is 5.53. The predicted octanol–water partition coefficient (Wildman–Crippen LogP) is 3.31. The first-order chi connectivity index (χ1) is 14.0. The number of rotatable bonds is 7. The van der Waals surface area contributed by atoms with Crippen molar-refractivity contribution in [1.29, 1.82) is 0 Å². The van der Waals surface area contributed by atoms with E-state index < -0.39 is 17.9 Å². The molecule has 0 spiro atoms. The second kappa shape index (κ2) is 16.1. The van der Waals surface area contributed by atoms with Crippen LogP contribution in [0.1, 0.15) is 19.4 Å². The van der Waals surface area contributed by atoms with Gasteiger partial charge in [-0.1, -0.05) is 50.1 Å². The normalized spacial score (nSPS) is 9.37. The quantitative estimate of drug-likeness (QED) is 0.392. The van der Waals surface area contributed by atoms with E-state index in [2.05, 4.69) is 24.5 Å². The first kappa shape index (κ1) is 28.3. The van der Waals surface area contributed by atoms with Gasteiger partial charge in [-0.3, -0.25) is 0 Å². The number of hydrogen-bond donors (Lipinski definition) is 2. The maximum absolute atomic E-state index is 11.0. The van der Waals surface area contributed by atoms with E-state index in [0.717, 1.165) is 17.7 Å². The van der Waals surface area contributed by atoms with E-state index in [-0.39, 0.29) is 17.1 Å². The van der Waals surface area contributed by atoms with Crippen molar-refractivity contribution in [2.24, 2.45) is 0 Å². The van der Waals surface area contributed by atoms with Gasteiger partial charge in [0.25, 0.3) is 0 Å². The number of carbonyl (C=O) groups is 4. The molecule has 2 N–H and O–H groups in total.